The van der Waals surface area contributed by atoms with Crippen molar-refractivity contribution < 1.29 is 8.78 Å². The quantitative estimate of drug-likeness (QED) is 0.872. The predicted molar refractivity (Wildman–Crippen MR) is 83.4 cm³/mol. The fourth-order valence-electron chi connectivity index (χ4n) is 3.07. The lowest BCUT2D eigenvalue weighted by Crippen LogP contribution is -2.45. The van der Waals surface area contributed by atoms with Crippen molar-refractivity contribution in [3.63, 3.8) is 0 Å². The number of alkyl halides is 2. The van der Waals surface area contributed by atoms with Crippen molar-refractivity contribution in [2.45, 2.75) is 25.3 Å². The number of benzene rings is 1. The molecule has 118 valence electrons. The zero-order valence-electron chi connectivity index (χ0n) is 12.8. The summed E-state index contributed by atoms with van der Waals surface area (Å²) in [6.45, 7) is 2.00. The summed E-state index contributed by atoms with van der Waals surface area (Å²) in [4.78, 5) is 12.4. The number of rotatable bonds is 3. The van der Waals surface area contributed by atoms with Crippen molar-refractivity contribution in [3.05, 3.63) is 30.1 Å². The summed E-state index contributed by atoms with van der Waals surface area (Å²) in [5, 5.41) is 0.822. The zero-order chi connectivity index (χ0) is 15.7. The van der Waals surface area contributed by atoms with Gasteiger partial charge in [0.1, 0.15) is 5.82 Å². The molecular weight excluding hydrogens is 286 g/mol. The monoisotopic (exact) mass is 306 g/mol. The van der Waals surface area contributed by atoms with Crippen LogP contribution in [0.25, 0.3) is 10.9 Å². The van der Waals surface area contributed by atoms with Gasteiger partial charge in [-0.05, 0) is 38.6 Å². The van der Waals surface area contributed by atoms with E-state index in [1.54, 1.807) is 6.07 Å². The molecule has 2 heterocycles. The Morgan fingerprint density at radius 3 is 2.77 bits per heavy atom. The summed E-state index contributed by atoms with van der Waals surface area (Å²) in [5.74, 6) is 0.200. The molecule has 1 aliphatic rings. The number of hydrogen-bond donors (Lipinski definition) is 0. The van der Waals surface area contributed by atoms with Crippen molar-refractivity contribution in [2.24, 2.45) is 0 Å². The highest BCUT2D eigenvalue weighted by atomic mass is 19.3. The zero-order valence-corrected chi connectivity index (χ0v) is 12.8. The van der Waals surface area contributed by atoms with Gasteiger partial charge in [-0.25, -0.2) is 18.7 Å². The van der Waals surface area contributed by atoms with Gasteiger partial charge in [0.2, 0.25) is 0 Å². The van der Waals surface area contributed by atoms with Crippen LogP contribution in [0, 0.1) is 0 Å². The molecule has 1 atom stereocenters. The molecule has 0 saturated carbocycles. The van der Waals surface area contributed by atoms with E-state index in [4.69, 9.17) is 0 Å². The van der Waals surface area contributed by atoms with Crippen molar-refractivity contribution >= 4 is 16.7 Å². The number of fused-ring (bicyclic) bond motifs is 1. The first-order valence-corrected chi connectivity index (χ1v) is 7.52. The van der Waals surface area contributed by atoms with E-state index in [2.05, 4.69) is 21.9 Å². The molecule has 1 aromatic heterocycles. The van der Waals surface area contributed by atoms with Crippen LogP contribution in [0.1, 0.15) is 25.1 Å². The SMILES string of the molecule is CN1CCC[C@H](N(C)c2nc(C(F)F)nc3ccccc23)C1. The Balaban J connectivity index is 2.04. The highest BCUT2D eigenvalue weighted by Gasteiger charge is 2.25. The van der Waals surface area contributed by atoms with E-state index in [-0.39, 0.29) is 6.04 Å². The van der Waals surface area contributed by atoms with Crippen molar-refractivity contribution in [2.75, 3.05) is 32.1 Å². The van der Waals surface area contributed by atoms with Crippen LogP contribution < -0.4 is 4.90 Å². The lowest BCUT2D eigenvalue weighted by atomic mass is 10.0. The Bertz CT molecular complexity index is 662. The normalized spacial score (nSPS) is 19.8. The molecule has 22 heavy (non-hydrogen) atoms. The third kappa shape index (κ3) is 2.88. The van der Waals surface area contributed by atoms with Gasteiger partial charge in [-0.1, -0.05) is 12.1 Å². The summed E-state index contributed by atoms with van der Waals surface area (Å²) in [6, 6.07) is 7.62. The van der Waals surface area contributed by atoms with Gasteiger partial charge < -0.3 is 9.80 Å². The second kappa shape index (κ2) is 6.12. The maximum absolute atomic E-state index is 13.1. The van der Waals surface area contributed by atoms with E-state index in [1.807, 2.05) is 30.1 Å². The van der Waals surface area contributed by atoms with Crippen molar-refractivity contribution in [3.8, 4) is 0 Å². The largest absolute Gasteiger partial charge is 0.355 e. The maximum Gasteiger partial charge on any atom is 0.297 e. The second-order valence-electron chi connectivity index (χ2n) is 5.89. The molecule has 0 bridgehead atoms. The molecule has 0 amide bonds. The molecule has 0 N–H and O–H groups in total. The summed E-state index contributed by atoms with van der Waals surface area (Å²) in [7, 11) is 4.02. The van der Waals surface area contributed by atoms with Crippen LogP contribution in [0.3, 0.4) is 0 Å². The number of piperidine rings is 1. The fourth-order valence-corrected chi connectivity index (χ4v) is 3.07. The minimum atomic E-state index is -2.66. The minimum Gasteiger partial charge on any atom is -0.355 e. The lowest BCUT2D eigenvalue weighted by Gasteiger charge is -2.36. The standard InChI is InChI=1S/C16H20F2N4/c1-21-9-5-6-11(10-21)22(2)16-12-7-3-4-8-13(12)19-15(20-16)14(17)18/h3-4,7-8,11,14H,5-6,9-10H2,1-2H3/t11-/m0/s1. The molecule has 0 unspecified atom stereocenters. The molecule has 1 saturated heterocycles. The van der Waals surface area contributed by atoms with E-state index in [1.165, 1.54) is 0 Å². The molecule has 6 heteroatoms. The Labute approximate surface area is 128 Å². The number of likely N-dealkylation sites (tertiary alicyclic amines) is 1. The van der Waals surface area contributed by atoms with E-state index >= 15 is 0 Å². The topological polar surface area (TPSA) is 32.3 Å². The molecule has 2 aromatic rings. The van der Waals surface area contributed by atoms with E-state index in [0.717, 1.165) is 31.3 Å². The van der Waals surface area contributed by atoms with Crippen LogP contribution in [0.4, 0.5) is 14.6 Å². The van der Waals surface area contributed by atoms with E-state index in [9.17, 15) is 8.78 Å². The van der Waals surface area contributed by atoms with Gasteiger partial charge in [0.05, 0.1) is 5.52 Å². The first kappa shape index (κ1) is 15.1. The minimum absolute atomic E-state index is 0.280. The van der Waals surface area contributed by atoms with E-state index in [0.29, 0.717) is 11.3 Å². The molecule has 1 aromatic carbocycles. The summed E-state index contributed by atoms with van der Waals surface area (Å²) < 4.78 is 26.2. The summed E-state index contributed by atoms with van der Waals surface area (Å²) in [6.07, 6.45) is -0.509. The van der Waals surface area contributed by atoms with Gasteiger partial charge in [-0.3, -0.25) is 0 Å². The third-order valence-electron chi connectivity index (χ3n) is 4.28. The number of hydrogen-bond acceptors (Lipinski definition) is 4. The number of aromatic nitrogens is 2. The third-order valence-corrected chi connectivity index (χ3v) is 4.28. The second-order valence-corrected chi connectivity index (χ2v) is 5.89. The van der Waals surface area contributed by atoms with Gasteiger partial charge in [0.15, 0.2) is 5.82 Å². The average Bonchev–Trinajstić information content (AvgIpc) is 2.53. The van der Waals surface area contributed by atoms with Crippen LogP contribution in [0.15, 0.2) is 24.3 Å². The van der Waals surface area contributed by atoms with Crippen LogP contribution in [0.5, 0.6) is 0 Å². The highest BCUT2D eigenvalue weighted by molar-refractivity contribution is 5.89. The molecule has 0 spiro atoms. The fraction of sp³-hybridized carbons (Fsp3) is 0.500. The molecular formula is C16H20F2N4. The number of anilines is 1. The number of nitrogens with zero attached hydrogens (tertiary/aromatic N) is 4. The lowest BCUT2D eigenvalue weighted by molar-refractivity contribution is 0.141. The molecule has 3 rings (SSSR count). The van der Waals surface area contributed by atoms with Gasteiger partial charge in [0.25, 0.3) is 6.43 Å². The molecule has 0 radical (unpaired) electrons. The molecule has 1 aliphatic heterocycles. The van der Waals surface area contributed by atoms with Gasteiger partial charge in [-0.15, -0.1) is 0 Å². The maximum atomic E-state index is 13.1. The van der Waals surface area contributed by atoms with Gasteiger partial charge in [-0.2, -0.15) is 0 Å². The van der Waals surface area contributed by atoms with Crippen LogP contribution in [-0.4, -0.2) is 48.1 Å². The molecule has 1 fully saturated rings. The molecule has 4 nitrogen and oxygen atoms in total. The van der Waals surface area contributed by atoms with E-state index < -0.39 is 12.2 Å². The van der Waals surface area contributed by atoms with Crippen LogP contribution in [-0.2, 0) is 0 Å². The Morgan fingerprint density at radius 1 is 1.27 bits per heavy atom. The number of likely N-dealkylation sites (N-methyl/N-ethyl adjacent to an activating group) is 2. The van der Waals surface area contributed by atoms with Crippen LogP contribution in [0.2, 0.25) is 0 Å². The smallest absolute Gasteiger partial charge is 0.297 e. The van der Waals surface area contributed by atoms with Crippen molar-refractivity contribution in [1.82, 2.24) is 14.9 Å². The Morgan fingerprint density at radius 2 is 2.05 bits per heavy atom. The Hall–Kier alpha value is -1.82. The predicted octanol–water partition coefficient (Wildman–Crippen LogP) is 3.10. The van der Waals surface area contributed by atoms with Crippen LogP contribution >= 0.6 is 0 Å². The Kier molecular flexibility index (Phi) is 4.20. The first-order valence-electron chi connectivity index (χ1n) is 7.52. The van der Waals surface area contributed by atoms with Gasteiger partial charge in [0, 0.05) is 25.0 Å². The van der Waals surface area contributed by atoms with Crippen molar-refractivity contribution in [1.29, 1.82) is 0 Å². The first-order chi connectivity index (χ1) is 10.6. The number of halogens is 2. The molecule has 0 aliphatic carbocycles. The highest BCUT2D eigenvalue weighted by Crippen LogP contribution is 2.29. The number of para-hydroxylation sites is 1. The summed E-state index contributed by atoms with van der Waals surface area (Å²) >= 11 is 0. The average molecular weight is 306 g/mol. The summed E-state index contributed by atoms with van der Waals surface area (Å²) in [5.41, 5.74) is 0.568. The van der Waals surface area contributed by atoms with Gasteiger partial charge >= 0.3 is 0 Å².